The van der Waals surface area contributed by atoms with Crippen LogP contribution in [0.5, 0.6) is 0 Å². The number of ether oxygens (including phenoxy) is 1. The van der Waals surface area contributed by atoms with Crippen LogP contribution >= 0.6 is 11.8 Å². The minimum atomic E-state index is -3.38. The molecule has 1 heterocycles. The summed E-state index contributed by atoms with van der Waals surface area (Å²) in [5.41, 5.74) is 1.14. The summed E-state index contributed by atoms with van der Waals surface area (Å²) in [7, 11) is -3.38. The van der Waals surface area contributed by atoms with Gasteiger partial charge in [-0.1, -0.05) is 19.1 Å². The Morgan fingerprint density at radius 2 is 1.90 bits per heavy atom. The average molecular weight is 329 g/mol. The molecule has 0 aliphatic carbocycles. The lowest BCUT2D eigenvalue weighted by Crippen LogP contribution is -2.27. The van der Waals surface area contributed by atoms with Crippen LogP contribution in [-0.4, -0.2) is 39.2 Å². The van der Waals surface area contributed by atoms with E-state index in [-0.39, 0.29) is 0 Å². The molecule has 1 aromatic rings. The second kappa shape index (κ2) is 8.17. The van der Waals surface area contributed by atoms with Gasteiger partial charge in [-0.25, -0.2) is 13.1 Å². The van der Waals surface area contributed by atoms with Crippen molar-refractivity contribution in [2.75, 3.05) is 25.5 Å². The summed E-state index contributed by atoms with van der Waals surface area (Å²) >= 11 is 1.83. The van der Waals surface area contributed by atoms with Crippen LogP contribution in [0.2, 0.25) is 0 Å². The SMILES string of the molecule is CCc1ccc(S(=O)(=O)NCCSC2CCOCC2)cc1. The van der Waals surface area contributed by atoms with Gasteiger partial charge in [-0.2, -0.15) is 11.8 Å². The van der Waals surface area contributed by atoms with E-state index >= 15 is 0 Å². The normalized spacial score (nSPS) is 17.0. The van der Waals surface area contributed by atoms with Gasteiger partial charge in [0.25, 0.3) is 0 Å². The van der Waals surface area contributed by atoms with Gasteiger partial charge in [-0.05, 0) is 37.0 Å². The molecule has 1 fully saturated rings. The second-order valence-corrected chi connectivity index (χ2v) is 8.25. The first-order chi connectivity index (χ1) is 10.1. The molecule has 21 heavy (non-hydrogen) atoms. The zero-order valence-corrected chi connectivity index (χ0v) is 14.0. The highest BCUT2D eigenvalue weighted by Crippen LogP contribution is 2.21. The van der Waals surface area contributed by atoms with E-state index in [1.807, 2.05) is 23.9 Å². The van der Waals surface area contributed by atoms with Gasteiger partial charge < -0.3 is 4.74 Å². The first-order valence-electron chi connectivity index (χ1n) is 7.40. The highest BCUT2D eigenvalue weighted by molar-refractivity contribution is 8.00. The fourth-order valence-electron chi connectivity index (χ4n) is 2.23. The van der Waals surface area contributed by atoms with Crippen molar-refractivity contribution in [3.8, 4) is 0 Å². The number of thioether (sulfide) groups is 1. The fraction of sp³-hybridized carbons (Fsp3) is 0.600. The van der Waals surface area contributed by atoms with Crippen LogP contribution in [0.25, 0.3) is 0 Å². The van der Waals surface area contributed by atoms with Crippen molar-refractivity contribution in [3.05, 3.63) is 29.8 Å². The van der Waals surface area contributed by atoms with E-state index in [2.05, 4.69) is 11.6 Å². The van der Waals surface area contributed by atoms with Crippen molar-refractivity contribution in [2.24, 2.45) is 0 Å². The van der Waals surface area contributed by atoms with Gasteiger partial charge in [-0.15, -0.1) is 0 Å². The molecule has 0 amide bonds. The Labute approximate surface area is 131 Å². The molecule has 0 atom stereocenters. The summed E-state index contributed by atoms with van der Waals surface area (Å²) in [6.07, 6.45) is 3.04. The Bertz CT molecular complexity index is 522. The van der Waals surface area contributed by atoms with E-state index in [9.17, 15) is 8.42 Å². The fourth-order valence-corrected chi connectivity index (χ4v) is 4.47. The number of sulfonamides is 1. The maximum absolute atomic E-state index is 12.1. The van der Waals surface area contributed by atoms with Crippen LogP contribution in [0, 0.1) is 0 Å². The highest BCUT2D eigenvalue weighted by atomic mass is 32.2. The lowest BCUT2D eigenvalue weighted by Gasteiger charge is -2.21. The summed E-state index contributed by atoms with van der Waals surface area (Å²) in [4.78, 5) is 0.343. The molecule has 1 aliphatic heterocycles. The molecule has 4 nitrogen and oxygen atoms in total. The molecule has 1 aromatic carbocycles. The van der Waals surface area contributed by atoms with Crippen molar-refractivity contribution in [1.29, 1.82) is 0 Å². The third kappa shape index (κ3) is 5.29. The topological polar surface area (TPSA) is 55.4 Å². The van der Waals surface area contributed by atoms with Crippen molar-refractivity contribution in [1.82, 2.24) is 4.72 Å². The monoisotopic (exact) mass is 329 g/mol. The van der Waals surface area contributed by atoms with Gasteiger partial charge in [0, 0.05) is 30.8 Å². The Hall–Kier alpha value is -0.560. The van der Waals surface area contributed by atoms with Gasteiger partial charge in [0.05, 0.1) is 4.90 Å². The molecule has 6 heteroatoms. The molecule has 0 aromatic heterocycles. The van der Waals surface area contributed by atoms with E-state index in [0.717, 1.165) is 43.8 Å². The van der Waals surface area contributed by atoms with E-state index in [1.165, 1.54) is 0 Å². The zero-order valence-electron chi connectivity index (χ0n) is 12.4. The second-order valence-electron chi connectivity index (χ2n) is 5.08. The molecule has 0 spiro atoms. The van der Waals surface area contributed by atoms with Crippen molar-refractivity contribution < 1.29 is 13.2 Å². The average Bonchev–Trinajstić information content (AvgIpc) is 2.53. The Balaban J connectivity index is 1.77. The quantitative estimate of drug-likeness (QED) is 0.781. The van der Waals surface area contributed by atoms with E-state index in [4.69, 9.17) is 4.74 Å². The molecule has 0 bridgehead atoms. The number of aryl methyl sites for hydroxylation is 1. The number of benzene rings is 1. The molecule has 0 radical (unpaired) electrons. The van der Waals surface area contributed by atoms with Gasteiger partial charge in [-0.3, -0.25) is 0 Å². The van der Waals surface area contributed by atoms with E-state index < -0.39 is 10.0 Å². The third-order valence-corrected chi connectivity index (χ3v) is 6.42. The number of rotatable bonds is 7. The first-order valence-corrected chi connectivity index (χ1v) is 9.93. The number of nitrogens with one attached hydrogen (secondary N) is 1. The molecule has 1 aliphatic rings. The molecule has 1 saturated heterocycles. The summed E-state index contributed by atoms with van der Waals surface area (Å²) < 4.78 is 32.3. The molecule has 0 unspecified atom stereocenters. The minimum Gasteiger partial charge on any atom is -0.381 e. The molecule has 0 saturated carbocycles. The van der Waals surface area contributed by atoms with Gasteiger partial charge >= 0.3 is 0 Å². The maximum atomic E-state index is 12.1. The van der Waals surface area contributed by atoms with Crippen LogP contribution < -0.4 is 4.72 Å². The van der Waals surface area contributed by atoms with Crippen LogP contribution in [0.15, 0.2) is 29.2 Å². The summed E-state index contributed by atoms with van der Waals surface area (Å²) in [5, 5.41) is 0.604. The third-order valence-electron chi connectivity index (χ3n) is 3.56. The predicted octanol–water partition coefficient (Wildman–Crippen LogP) is 2.44. The standard InChI is InChI=1S/C15H23NO3S2/c1-2-13-3-5-15(6-4-13)21(17,18)16-9-12-20-14-7-10-19-11-8-14/h3-6,14,16H,2,7-12H2,1H3. The van der Waals surface area contributed by atoms with Crippen molar-refractivity contribution >= 4 is 21.8 Å². The van der Waals surface area contributed by atoms with Gasteiger partial charge in [0.15, 0.2) is 0 Å². The lowest BCUT2D eigenvalue weighted by molar-refractivity contribution is 0.100. The van der Waals surface area contributed by atoms with Crippen LogP contribution in [-0.2, 0) is 21.2 Å². The predicted molar refractivity (Wildman–Crippen MR) is 87.3 cm³/mol. The molecular weight excluding hydrogens is 306 g/mol. The van der Waals surface area contributed by atoms with Crippen molar-refractivity contribution in [2.45, 2.75) is 36.3 Å². The molecule has 118 valence electrons. The van der Waals surface area contributed by atoms with Crippen LogP contribution in [0.4, 0.5) is 0 Å². The number of hydrogen-bond donors (Lipinski definition) is 1. The maximum Gasteiger partial charge on any atom is 0.240 e. The highest BCUT2D eigenvalue weighted by Gasteiger charge is 2.16. The van der Waals surface area contributed by atoms with Crippen LogP contribution in [0.3, 0.4) is 0 Å². The molecule has 2 rings (SSSR count). The van der Waals surface area contributed by atoms with Gasteiger partial charge in [0.2, 0.25) is 10.0 Å². The van der Waals surface area contributed by atoms with Gasteiger partial charge in [0.1, 0.15) is 0 Å². The summed E-state index contributed by atoms with van der Waals surface area (Å²) in [5.74, 6) is 0.803. The Morgan fingerprint density at radius 1 is 1.24 bits per heavy atom. The Morgan fingerprint density at radius 3 is 2.52 bits per heavy atom. The smallest absolute Gasteiger partial charge is 0.240 e. The Kier molecular flexibility index (Phi) is 6.54. The zero-order chi connectivity index (χ0) is 15.1. The summed E-state index contributed by atoms with van der Waals surface area (Å²) in [6, 6.07) is 7.08. The summed E-state index contributed by atoms with van der Waals surface area (Å²) in [6.45, 7) is 4.18. The lowest BCUT2D eigenvalue weighted by atomic mass is 10.2. The minimum absolute atomic E-state index is 0.343. The largest absolute Gasteiger partial charge is 0.381 e. The van der Waals surface area contributed by atoms with Crippen LogP contribution in [0.1, 0.15) is 25.3 Å². The van der Waals surface area contributed by atoms with E-state index in [0.29, 0.717) is 16.7 Å². The van der Waals surface area contributed by atoms with E-state index in [1.54, 1.807) is 12.1 Å². The number of hydrogen-bond acceptors (Lipinski definition) is 4. The first kappa shape index (κ1) is 16.8. The molecule has 1 N–H and O–H groups in total. The van der Waals surface area contributed by atoms with Crippen molar-refractivity contribution in [3.63, 3.8) is 0 Å². The molecular formula is C15H23NO3S2.